The zero-order valence-corrected chi connectivity index (χ0v) is 14.8. The SMILES string of the molecule is O=C(Nc1ccccc1C(=O)NCC1CNCC1O)c1ccc(Cl)cc1. The molecule has 2 unspecified atom stereocenters. The Labute approximate surface area is 156 Å². The molecule has 6 nitrogen and oxygen atoms in total. The molecule has 0 radical (unpaired) electrons. The number of para-hydroxylation sites is 1. The van der Waals surface area contributed by atoms with Crippen molar-refractivity contribution in [3.8, 4) is 0 Å². The summed E-state index contributed by atoms with van der Waals surface area (Å²) in [6.07, 6.45) is -0.463. The maximum Gasteiger partial charge on any atom is 0.255 e. The fourth-order valence-corrected chi connectivity index (χ4v) is 2.96. The minimum Gasteiger partial charge on any atom is -0.391 e. The molecule has 2 aromatic rings. The number of β-amino-alcohol motifs (C(OH)–C–C–N with tert-alkyl or cyclic N) is 1. The molecule has 0 spiro atoms. The topological polar surface area (TPSA) is 90.5 Å². The van der Waals surface area contributed by atoms with Crippen LogP contribution in [-0.2, 0) is 0 Å². The average molecular weight is 374 g/mol. The van der Waals surface area contributed by atoms with Gasteiger partial charge in [-0.15, -0.1) is 0 Å². The lowest BCUT2D eigenvalue weighted by Gasteiger charge is -2.15. The van der Waals surface area contributed by atoms with Crippen molar-refractivity contribution >= 4 is 29.1 Å². The van der Waals surface area contributed by atoms with Gasteiger partial charge in [-0.1, -0.05) is 23.7 Å². The maximum atomic E-state index is 12.5. The summed E-state index contributed by atoms with van der Waals surface area (Å²) in [5.41, 5.74) is 1.25. The van der Waals surface area contributed by atoms with E-state index in [0.717, 1.165) is 0 Å². The summed E-state index contributed by atoms with van der Waals surface area (Å²) >= 11 is 5.84. The van der Waals surface area contributed by atoms with Crippen LogP contribution in [0.5, 0.6) is 0 Å². The van der Waals surface area contributed by atoms with Crippen LogP contribution in [0.25, 0.3) is 0 Å². The van der Waals surface area contributed by atoms with Gasteiger partial charge in [0.25, 0.3) is 11.8 Å². The van der Waals surface area contributed by atoms with E-state index in [2.05, 4.69) is 16.0 Å². The highest BCUT2D eigenvalue weighted by atomic mass is 35.5. The molecule has 2 aromatic carbocycles. The Morgan fingerprint density at radius 2 is 1.81 bits per heavy atom. The molecule has 7 heteroatoms. The van der Waals surface area contributed by atoms with Crippen LogP contribution in [0, 0.1) is 5.92 Å². The van der Waals surface area contributed by atoms with Gasteiger partial charge in [-0.3, -0.25) is 9.59 Å². The first kappa shape index (κ1) is 18.4. The zero-order valence-electron chi connectivity index (χ0n) is 14.0. The van der Waals surface area contributed by atoms with E-state index in [1.165, 1.54) is 0 Å². The van der Waals surface area contributed by atoms with Crippen molar-refractivity contribution in [1.29, 1.82) is 0 Å². The van der Waals surface area contributed by atoms with E-state index in [4.69, 9.17) is 11.6 Å². The Kier molecular flexibility index (Phi) is 5.88. The number of aliphatic hydroxyl groups is 1. The fourth-order valence-electron chi connectivity index (χ4n) is 2.83. The number of carbonyl (C=O) groups excluding carboxylic acids is 2. The largest absolute Gasteiger partial charge is 0.391 e. The van der Waals surface area contributed by atoms with Gasteiger partial charge in [-0.25, -0.2) is 0 Å². The lowest BCUT2D eigenvalue weighted by atomic mass is 10.1. The predicted octanol–water partition coefficient (Wildman–Crippen LogP) is 1.90. The van der Waals surface area contributed by atoms with Gasteiger partial charge in [-0.2, -0.15) is 0 Å². The number of hydrogen-bond acceptors (Lipinski definition) is 4. The number of rotatable bonds is 5. The Hall–Kier alpha value is -2.41. The van der Waals surface area contributed by atoms with Gasteiger partial charge in [0.2, 0.25) is 0 Å². The lowest BCUT2D eigenvalue weighted by molar-refractivity contribution is 0.0928. The number of benzene rings is 2. The number of carbonyl (C=O) groups is 2. The molecule has 0 aliphatic carbocycles. The first-order valence-electron chi connectivity index (χ1n) is 8.37. The van der Waals surface area contributed by atoms with Gasteiger partial charge >= 0.3 is 0 Å². The molecule has 26 heavy (non-hydrogen) atoms. The van der Waals surface area contributed by atoms with Crippen LogP contribution in [0.15, 0.2) is 48.5 Å². The van der Waals surface area contributed by atoms with Crippen LogP contribution in [0.1, 0.15) is 20.7 Å². The van der Waals surface area contributed by atoms with Crippen molar-refractivity contribution in [2.45, 2.75) is 6.10 Å². The normalized spacial score (nSPS) is 19.2. The highest BCUT2D eigenvalue weighted by molar-refractivity contribution is 6.30. The molecule has 1 fully saturated rings. The third-order valence-corrected chi connectivity index (χ3v) is 4.61. The molecule has 2 amide bonds. The lowest BCUT2D eigenvalue weighted by Crippen LogP contribution is -2.34. The molecule has 4 N–H and O–H groups in total. The standard InChI is InChI=1S/C19H20ClN3O3/c20-14-7-5-12(6-8-14)18(25)23-16-4-2-1-3-15(16)19(26)22-10-13-9-21-11-17(13)24/h1-8,13,17,21,24H,9-11H2,(H,22,26)(H,23,25). The van der Waals surface area contributed by atoms with E-state index >= 15 is 0 Å². The summed E-state index contributed by atoms with van der Waals surface area (Å²) in [5.74, 6) is -0.636. The van der Waals surface area contributed by atoms with Crippen molar-refractivity contribution in [2.24, 2.45) is 5.92 Å². The van der Waals surface area contributed by atoms with Crippen molar-refractivity contribution < 1.29 is 14.7 Å². The summed E-state index contributed by atoms with van der Waals surface area (Å²) in [4.78, 5) is 24.9. The monoisotopic (exact) mass is 373 g/mol. The van der Waals surface area contributed by atoms with Crippen LogP contribution >= 0.6 is 11.6 Å². The number of nitrogens with one attached hydrogen (secondary N) is 3. The van der Waals surface area contributed by atoms with E-state index in [-0.39, 0.29) is 17.7 Å². The van der Waals surface area contributed by atoms with Gasteiger partial charge in [0.15, 0.2) is 0 Å². The number of hydrogen-bond donors (Lipinski definition) is 4. The molecular weight excluding hydrogens is 354 g/mol. The van der Waals surface area contributed by atoms with Gasteiger partial charge in [0, 0.05) is 36.1 Å². The molecule has 1 saturated heterocycles. The van der Waals surface area contributed by atoms with E-state index in [0.29, 0.717) is 41.5 Å². The van der Waals surface area contributed by atoms with Crippen LogP contribution in [0.2, 0.25) is 5.02 Å². The van der Waals surface area contributed by atoms with Gasteiger partial charge < -0.3 is 21.1 Å². The van der Waals surface area contributed by atoms with Crippen molar-refractivity contribution in [3.63, 3.8) is 0 Å². The van der Waals surface area contributed by atoms with Gasteiger partial charge in [-0.05, 0) is 36.4 Å². The molecular formula is C19H20ClN3O3. The third-order valence-electron chi connectivity index (χ3n) is 4.36. The second kappa shape index (κ2) is 8.31. The Morgan fingerprint density at radius 1 is 1.08 bits per heavy atom. The molecule has 0 saturated carbocycles. The number of anilines is 1. The van der Waals surface area contributed by atoms with E-state index < -0.39 is 6.10 Å². The molecule has 2 atom stereocenters. The first-order valence-corrected chi connectivity index (χ1v) is 8.75. The molecule has 3 rings (SSSR count). The summed E-state index contributed by atoms with van der Waals surface area (Å²) in [5, 5.41) is 19.0. The van der Waals surface area contributed by atoms with Crippen LogP contribution in [0.3, 0.4) is 0 Å². The number of aliphatic hydroxyl groups excluding tert-OH is 1. The minimum absolute atomic E-state index is 0.0187. The number of amides is 2. The fraction of sp³-hybridized carbons (Fsp3) is 0.263. The molecule has 0 bridgehead atoms. The van der Waals surface area contributed by atoms with Crippen LogP contribution in [-0.4, -0.2) is 42.7 Å². The Balaban J connectivity index is 1.68. The summed E-state index contributed by atoms with van der Waals surface area (Å²) in [6, 6.07) is 13.3. The summed E-state index contributed by atoms with van der Waals surface area (Å²) < 4.78 is 0. The highest BCUT2D eigenvalue weighted by Gasteiger charge is 2.25. The van der Waals surface area contributed by atoms with Crippen LogP contribution in [0.4, 0.5) is 5.69 Å². The van der Waals surface area contributed by atoms with Crippen molar-refractivity contribution in [1.82, 2.24) is 10.6 Å². The van der Waals surface area contributed by atoms with Crippen molar-refractivity contribution in [2.75, 3.05) is 25.0 Å². The smallest absolute Gasteiger partial charge is 0.255 e. The molecule has 1 aliphatic heterocycles. The van der Waals surface area contributed by atoms with Gasteiger partial charge in [0.05, 0.1) is 17.4 Å². The summed E-state index contributed by atoms with van der Waals surface area (Å²) in [7, 11) is 0. The Bertz CT molecular complexity index is 795. The average Bonchev–Trinajstić information content (AvgIpc) is 3.05. The quantitative estimate of drug-likeness (QED) is 0.644. The second-order valence-corrected chi connectivity index (χ2v) is 6.64. The van der Waals surface area contributed by atoms with Gasteiger partial charge in [0.1, 0.15) is 0 Å². The molecule has 1 aliphatic rings. The van der Waals surface area contributed by atoms with Crippen molar-refractivity contribution in [3.05, 3.63) is 64.7 Å². The first-order chi connectivity index (χ1) is 12.5. The maximum absolute atomic E-state index is 12.5. The molecule has 0 aromatic heterocycles. The highest BCUT2D eigenvalue weighted by Crippen LogP contribution is 2.18. The third kappa shape index (κ3) is 4.40. The second-order valence-electron chi connectivity index (χ2n) is 6.20. The zero-order chi connectivity index (χ0) is 18.5. The number of halogens is 1. The Morgan fingerprint density at radius 3 is 2.50 bits per heavy atom. The predicted molar refractivity (Wildman–Crippen MR) is 101 cm³/mol. The van der Waals surface area contributed by atoms with E-state index in [1.807, 2.05) is 0 Å². The van der Waals surface area contributed by atoms with Crippen LogP contribution < -0.4 is 16.0 Å². The molecule has 136 valence electrons. The minimum atomic E-state index is -0.463. The molecule has 1 heterocycles. The van der Waals surface area contributed by atoms with E-state index in [9.17, 15) is 14.7 Å². The summed E-state index contributed by atoms with van der Waals surface area (Å²) in [6.45, 7) is 1.57. The van der Waals surface area contributed by atoms with E-state index in [1.54, 1.807) is 48.5 Å².